The minimum atomic E-state index is -0.0166. The van der Waals surface area contributed by atoms with E-state index in [1.807, 2.05) is 30.3 Å². The minimum Gasteiger partial charge on any atom is -0.507 e. The SMILES string of the molecule is Oc1cc2c(cc1[C@H](c1ccc(Cl)cc1)N1CCCCC1)OCO2. The van der Waals surface area contributed by atoms with E-state index in [2.05, 4.69) is 4.90 Å². The largest absolute Gasteiger partial charge is 0.507 e. The van der Waals surface area contributed by atoms with E-state index in [9.17, 15) is 5.11 Å². The molecule has 24 heavy (non-hydrogen) atoms. The van der Waals surface area contributed by atoms with Gasteiger partial charge >= 0.3 is 0 Å². The van der Waals surface area contributed by atoms with Crippen LogP contribution >= 0.6 is 11.6 Å². The number of halogens is 1. The van der Waals surface area contributed by atoms with Gasteiger partial charge in [-0.05, 0) is 49.7 Å². The number of likely N-dealkylation sites (tertiary alicyclic amines) is 1. The number of hydrogen-bond acceptors (Lipinski definition) is 4. The summed E-state index contributed by atoms with van der Waals surface area (Å²) in [6, 6.07) is 11.4. The normalized spacial score (nSPS) is 18.5. The number of phenolic OH excluding ortho intramolecular Hbond substituents is 1. The molecule has 0 bridgehead atoms. The van der Waals surface area contributed by atoms with Crippen LogP contribution in [0.25, 0.3) is 0 Å². The molecule has 0 spiro atoms. The third-order valence-corrected chi connectivity index (χ3v) is 5.01. The number of benzene rings is 2. The molecule has 2 aliphatic rings. The van der Waals surface area contributed by atoms with Crippen molar-refractivity contribution in [3.05, 3.63) is 52.5 Å². The van der Waals surface area contributed by atoms with Crippen LogP contribution in [-0.4, -0.2) is 29.9 Å². The van der Waals surface area contributed by atoms with Gasteiger partial charge in [0.05, 0.1) is 6.04 Å². The molecule has 1 atom stereocenters. The first-order valence-electron chi connectivity index (χ1n) is 8.34. The predicted molar refractivity (Wildman–Crippen MR) is 92.9 cm³/mol. The molecular formula is C19H20ClNO3. The van der Waals surface area contributed by atoms with E-state index in [1.54, 1.807) is 6.07 Å². The van der Waals surface area contributed by atoms with Gasteiger partial charge in [-0.1, -0.05) is 30.2 Å². The highest BCUT2D eigenvalue weighted by atomic mass is 35.5. The highest BCUT2D eigenvalue weighted by Gasteiger charge is 2.28. The van der Waals surface area contributed by atoms with Crippen molar-refractivity contribution in [3.63, 3.8) is 0 Å². The van der Waals surface area contributed by atoms with Gasteiger partial charge in [0.25, 0.3) is 0 Å². The van der Waals surface area contributed by atoms with Gasteiger partial charge < -0.3 is 14.6 Å². The number of nitrogens with zero attached hydrogens (tertiary/aromatic N) is 1. The van der Waals surface area contributed by atoms with E-state index >= 15 is 0 Å². The zero-order chi connectivity index (χ0) is 16.5. The lowest BCUT2D eigenvalue weighted by Gasteiger charge is -2.35. The van der Waals surface area contributed by atoms with Gasteiger partial charge in [-0.25, -0.2) is 0 Å². The quantitative estimate of drug-likeness (QED) is 0.898. The Kier molecular flexibility index (Phi) is 4.25. The molecule has 1 N–H and O–H groups in total. The standard InChI is InChI=1S/C19H20ClNO3/c20-14-6-4-13(5-7-14)19(21-8-2-1-3-9-21)15-10-17-18(11-16(15)22)24-12-23-17/h4-7,10-11,19,22H,1-3,8-9,12H2/t19-/m0/s1. The summed E-state index contributed by atoms with van der Waals surface area (Å²) >= 11 is 6.06. The van der Waals surface area contributed by atoms with Crippen molar-refractivity contribution in [2.45, 2.75) is 25.3 Å². The fourth-order valence-corrected chi connectivity index (χ4v) is 3.70. The average molecular weight is 346 g/mol. The first-order chi connectivity index (χ1) is 11.7. The van der Waals surface area contributed by atoms with Crippen LogP contribution in [0, 0.1) is 0 Å². The summed E-state index contributed by atoms with van der Waals surface area (Å²) < 4.78 is 10.9. The fourth-order valence-electron chi connectivity index (χ4n) is 3.57. The van der Waals surface area contributed by atoms with Crippen LogP contribution in [0.3, 0.4) is 0 Å². The lowest BCUT2D eigenvalue weighted by Crippen LogP contribution is -2.34. The van der Waals surface area contributed by atoms with Gasteiger partial charge in [-0.3, -0.25) is 4.90 Å². The molecular weight excluding hydrogens is 326 g/mol. The highest BCUT2D eigenvalue weighted by molar-refractivity contribution is 6.30. The van der Waals surface area contributed by atoms with Crippen LogP contribution in [0.5, 0.6) is 17.2 Å². The van der Waals surface area contributed by atoms with Crippen molar-refractivity contribution in [3.8, 4) is 17.2 Å². The monoisotopic (exact) mass is 345 g/mol. The summed E-state index contributed by atoms with van der Waals surface area (Å²) in [5.74, 6) is 1.54. The summed E-state index contributed by atoms with van der Waals surface area (Å²) in [5, 5.41) is 11.3. The Hall–Kier alpha value is -1.91. The second-order valence-corrected chi connectivity index (χ2v) is 6.75. The Morgan fingerprint density at radius 2 is 1.62 bits per heavy atom. The first-order valence-corrected chi connectivity index (χ1v) is 8.72. The first kappa shape index (κ1) is 15.6. The van der Waals surface area contributed by atoms with Gasteiger partial charge in [0.1, 0.15) is 5.75 Å². The van der Waals surface area contributed by atoms with Crippen LogP contribution in [-0.2, 0) is 0 Å². The molecule has 0 amide bonds. The molecule has 1 saturated heterocycles. The van der Waals surface area contributed by atoms with Gasteiger partial charge in [0, 0.05) is 16.7 Å². The summed E-state index contributed by atoms with van der Waals surface area (Å²) in [6.45, 7) is 2.23. The fraction of sp³-hybridized carbons (Fsp3) is 0.368. The van der Waals surface area contributed by atoms with Crippen molar-refractivity contribution in [2.75, 3.05) is 19.9 Å². The summed E-state index contributed by atoms with van der Waals surface area (Å²) in [5.41, 5.74) is 1.97. The Morgan fingerprint density at radius 1 is 0.958 bits per heavy atom. The average Bonchev–Trinajstić information content (AvgIpc) is 3.05. The van der Waals surface area contributed by atoms with Gasteiger partial charge in [-0.15, -0.1) is 0 Å². The zero-order valence-electron chi connectivity index (χ0n) is 13.4. The third-order valence-electron chi connectivity index (χ3n) is 4.76. The molecule has 1 fully saturated rings. The smallest absolute Gasteiger partial charge is 0.231 e. The summed E-state index contributed by atoms with van der Waals surface area (Å²) in [6.07, 6.45) is 3.61. The lowest BCUT2D eigenvalue weighted by molar-refractivity contribution is 0.173. The molecule has 5 heteroatoms. The molecule has 2 heterocycles. The van der Waals surface area contributed by atoms with Crippen molar-refractivity contribution in [1.82, 2.24) is 4.90 Å². The van der Waals surface area contributed by atoms with Crippen LogP contribution < -0.4 is 9.47 Å². The summed E-state index contributed by atoms with van der Waals surface area (Å²) in [7, 11) is 0. The van der Waals surface area contributed by atoms with E-state index in [0.717, 1.165) is 24.2 Å². The van der Waals surface area contributed by atoms with Gasteiger partial charge in [-0.2, -0.15) is 0 Å². The minimum absolute atomic E-state index is 0.0166. The maximum Gasteiger partial charge on any atom is 0.231 e. The number of phenols is 1. The molecule has 0 aliphatic carbocycles. The van der Waals surface area contributed by atoms with Crippen LogP contribution in [0.1, 0.15) is 36.4 Å². The molecule has 0 saturated carbocycles. The molecule has 126 valence electrons. The molecule has 4 rings (SSSR count). The number of ether oxygens (including phenoxy) is 2. The molecule has 0 radical (unpaired) electrons. The van der Waals surface area contributed by atoms with Crippen molar-refractivity contribution < 1.29 is 14.6 Å². The number of fused-ring (bicyclic) bond motifs is 1. The van der Waals surface area contributed by atoms with E-state index in [4.69, 9.17) is 21.1 Å². The van der Waals surface area contributed by atoms with E-state index in [1.165, 1.54) is 19.3 Å². The molecule has 0 aromatic heterocycles. The van der Waals surface area contributed by atoms with Crippen LogP contribution in [0.2, 0.25) is 5.02 Å². The Balaban J connectivity index is 1.78. The Labute approximate surface area is 146 Å². The van der Waals surface area contributed by atoms with E-state index in [0.29, 0.717) is 16.5 Å². The maximum atomic E-state index is 10.6. The number of piperidine rings is 1. The zero-order valence-corrected chi connectivity index (χ0v) is 14.1. The van der Waals surface area contributed by atoms with E-state index in [-0.39, 0.29) is 18.6 Å². The molecule has 4 nitrogen and oxygen atoms in total. The molecule has 2 aromatic carbocycles. The number of hydrogen-bond donors (Lipinski definition) is 1. The second-order valence-electron chi connectivity index (χ2n) is 6.32. The molecule has 2 aromatic rings. The Morgan fingerprint density at radius 3 is 2.33 bits per heavy atom. The van der Waals surface area contributed by atoms with Crippen molar-refractivity contribution >= 4 is 11.6 Å². The van der Waals surface area contributed by atoms with Gasteiger partial charge in [0.2, 0.25) is 6.79 Å². The van der Waals surface area contributed by atoms with Crippen LogP contribution in [0.4, 0.5) is 0 Å². The third kappa shape index (κ3) is 2.92. The van der Waals surface area contributed by atoms with Gasteiger partial charge in [0.15, 0.2) is 11.5 Å². The lowest BCUT2D eigenvalue weighted by atomic mass is 9.94. The van der Waals surface area contributed by atoms with Crippen LogP contribution in [0.15, 0.2) is 36.4 Å². The van der Waals surface area contributed by atoms with Crippen molar-refractivity contribution in [2.24, 2.45) is 0 Å². The maximum absolute atomic E-state index is 10.6. The Bertz CT molecular complexity index is 726. The van der Waals surface area contributed by atoms with Crippen molar-refractivity contribution in [1.29, 1.82) is 0 Å². The second kappa shape index (κ2) is 6.54. The topological polar surface area (TPSA) is 41.9 Å². The predicted octanol–water partition coefficient (Wildman–Crippen LogP) is 4.35. The highest BCUT2D eigenvalue weighted by Crippen LogP contribution is 2.43. The van der Waals surface area contributed by atoms with E-state index < -0.39 is 0 Å². The number of aromatic hydroxyl groups is 1. The summed E-state index contributed by atoms with van der Waals surface area (Å²) in [4.78, 5) is 2.42. The molecule has 0 unspecified atom stereocenters. The number of rotatable bonds is 3. The molecule has 2 aliphatic heterocycles.